The second-order valence-electron chi connectivity index (χ2n) is 5.65. The Balaban J connectivity index is 1.75. The summed E-state index contributed by atoms with van der Waals surface area (Å²) in [4.78, 5) is 23.3. The topological polar surface area (TPSA) is 89.2 Å². The largest absolute Gasteiger partial charge is 0.480 e. The van der Waals surface area contributed by atoms with Gasteiger partial charge in [0.2, 0.25) is 0 Å². The lowest BCUT2D eigenvalue weighted by Gasteiger charge is -2.16. The Morgan fingerprint density at radius 1 is 1.20 bits per heavy atom. The van der Waals surface area contributed by atoms with E-state index in [1.54, 1.807) is 0 Å². The lowest BCUT2D eigenvalue weighted by Crippen LogP contribution is -2.29. The van der Waals surface area contributed by atoms with Gasteiger partial charge < -0.3 is 15.0 Å². The number of carbonyl (C=O) groups excluding carboxylic acids is 1. The van der Waals surface area contributed by atoms with Crippen molar-refractivity contribution in [2.45, 2.75) is 19.5 Å². The SMILES string of the molecule is CC(NC(=O)c1ccnn1CC(=O)O)c1cccc(-n2cccc2)c1. The van der Waals surface area contributed by atoms with Crippen LogP contribution in [0.4, 0.5) is 0 Å². The lowest BCUT2D eigenvalue weighted by molar-refractivity contribution is -0.137. The number of carboxylic acid groups (broad SMARTS) is 1. The van der Waals surface area contributed by atoms with Crippen LogP contribution in [0.1, 0.15) is 29.0 Å². The fourth-order valence-electron chi connectivity index (χ4n) is 2.59. The van der Waals surface area contributed by atoms with Crippen molar-refractivity contribution in [3.8, 4) is 5.69 Å². The van der Waals surface area contributed by atoms with Gasteiger partial charge in [0.25, 0.3) is 5.91 Å². The van der Waals surface area contributed by atoms with E-state index in [0.29, 0.717) is 0 Å². The minimum atomic E-state index is -1.05. The fraction of sp³-hybridized carbons (Fsp3) is 0.167. The summed E-state index contributed by atoms with van der Waals surface area (Å²) in [5.41, 5.74) is 2.17. The second kappa shape index (κ2) is 7.04. The predicted octanol–water partition coefficient (Wildman–Crippen LogP) is 2.25. The molecule has 1 amide bonds. The standard InChI is InChI=1S/C18H18N4O3/c1-13(14-5-4-6-15(11-14)21-9-2-3-10-21)20-18(25)16-7-8-19-22(16)12-17(23)24/h2-11,13H,12H2,1H3,(H,20,25)(H,23,24). The average Bonchev–Trinajstić information content (AvgIpc) is 3.26. The van der Waals surface area contributed by atoms with E-state index in [2.05, 4.69) is 10.4 Å². The molecule has 7 nitrogen and oxygen atoms in total. The molecular formula is C18H18N4O3. The number of nitrogens with one attached hydrogen (secondary N) is 1. The van der Waals surface area contributed by atoms with Crippen molar-refractivity contribution in [2.24, 2.45) is 0 Å². The highest BCUT2D eigenvalue weighted by molar-refractivity contribution is 5.93. The number of amides is 1. The highest BCUT2D eigenvalue weighted by Gasteiger charge is 2.17. The summed E-state index contributed by atoms with van der Waals surface area (Å²) in [5.74, 6) is -1.41. The van der Waals surface area contributed by atoms with E-state index in [-0.39, 0.29) is 24.2 Å². The Kier molecular flexibility index (Phi) is 4.65. The van der Waals surface area contributed by atoms with Crippen molar-refractivity contribution in [3.63, 3.8) is 0 Å². The Bertz CT molecular complexity index is 883. The first-order chi connectivity index (χ1) is 12.0. The van der Waals surface area contributed by atoms with E-state index in [1.165, 1.54) is 16.9 Å². The molecule has 0 bridgehead atoms. The van der Waals surface area contributed by atoms with Crippen LogP contribution >= 0.6 is 0 Å². The first-order valence-corrected chi connectivity index (χ1v) is 7.82. The van der Waals surface area contributed by atoms with Gasteiger partial charge in [-0.3, -0.25) is 9.59 Å². The van der Waals surface area contributed by atoms with Crippen LogP contribution in [-0.2, 0) is 11.3 Å². The fourth-order valence-corrected chi connectivity index (χ4v) is 2.59. The maximum Gasteiger partial charge on any atom is 0.325 e. The normalized spacial score (nSPS) is 11.9. The quantitative estimate of drug-likeness (QED) is 0.721. The van der Waals surface area contributed by atoms with Gasteiger partial charge in [-0.1, -0.05) is 12.1 Å². The number of aromatic nitrogens is 3. The van der Waals surface area contributed by atoms with Gasteiger partial charge in [-0.25, -0.2) is 4.68 Å². The molecule has 1 aromatic carbocycles. The van der Waals surface area contributed by atoms with Gasteiger partial charge in [0.05, 0.1) is 6.04 Å². The van der Waals surface area contributed by atoms with Crippen LogP contribution in [0, 0.1) is 0 Å². The number of aliphatic carboxylic acids is 1. The van der Waals surface area contributed by atoms with E-state index in [0.717, 1.165) is 11.3 Å². The first-order valence-electron chi connectivity index (χ1n) is 7.82. The van der Waals surface area contributed by atoms with Crippen molar-refractivity contribution in [3.05, 3.63) is 72.3 Å². The molecule has 0 saturated carbocycles. The zero-order chi connectivity index (χ0) is 17.8. The molecule has 0 fully saturated rings. The number of rotatable bonds is 6. The predicted molar refractivity (Wildman–Crippen MR) is 91.5 cm³/mol. The molecule has 2 N–H and O–H groups in total. The molecule has 0 aliphatic carbocycles. The van der Waals surface area contributed by atoms with E-state index in [4.69, 9.17) is 5.11 Å². The third kappa shape index (κ3) is 3.77. The van der Waals surface area contributed by atoms with Gasteiger partial charge >= 0.3 is 5.97 Å². The van der Waals surface area contributed by atoms with Gasteiger partial charge in [0, 0.05) is 24.3 Å². The Morgan fingerprint density at radius 3 is 2.68 bits per heavy atom. The van der Waals surface area contributed by atoms with E-state index in [1.807, 2.05) is 60.3 Å². The van der Waals surface area contributed by atoms with E-state index in [9.17, 15) is 9.59 Å². The summed E-state index contributed by atoms with van der Waals surface area (Å²) in [6.07, 6.45) is 5.31. The van der Waals surface area contributed by atoms with Crippen molar-refractivity contribution in [2.75, 3.05) is 0 Å². The molecule has 2 aromatic heterocycles. The minimum Gasteiger partial charge on any atom is -0.480 e. The Hall–Kier alpha value is -3.35. The molecule has 3 aromatic rings. The molecule has 7 heteroatoms. The molecule has 0 aliphatic rings. The number of carboxylic acids is 1. The van der Waals surface area contributed by atoms with Crippen molar-refractivity contribution in [1.82, 2.24) is 19.7 Å². The zero-order valence-electron chi connectivity index (χ0n) is 13.7. The summed E-state index contributed by atoms with van der Waals surface area (Å²) < 4.78 is 3.15. The summed E-state index contributed by atoms with van der Waals surface area (Å²) in [6, 6.07) is 13.0. The van der Waals surface area contributed by atoms with Gasteiger partial charge in [-0.2, -0.15) is 5.10 Å². The van der Waals surface area contributed by atoms with E-state index < -0.39 is 5.97 Å². The van der Waals surface area contributed by atoms with Crippen molar-refractivity contribution in [1.29, 1.82) is 0 Å². The molecule has 128 valence electrons. The number of benzene rings is 1. The number of hydrogen-bond acceptors (Lipinski definition) is 3. The highest BCUT2D eigenvalue weighted by atomic mass is 16.4. The molecule has 1 atom stereocenters. The van der Waals surface area contributed by atoms with Crippen LogP contribution in [0.15, 0.2) is 61.1 Å². The second-order valence-corrected chi connectivity index (χ2v) is 5.65. The third-order valence-electron chi connectivity index (χ3n) is 3.85. The monoisotopic (exact) mass is 338 g/mol. The van der Waals surface area contributed by atoms with Crippen LogP contribution in [0.2, 0.25) is 0 Å². The van der Waals surface area contributed by atoms with Crippen LogP contribution in [0.3, 0.4) is 0 Å². The lowest BCUT2D eigenvalue weighted by atomic mass is 10.1. The third-order valence-corrected chi connectivity index (χ3v) is 3.85. The molecule has 1 unspecified atom stereocenters. The average molecular weight is 338 g/mol. The van der Waals surface area contributed by atoms with Crippen molar-refractivity contribution >= 4 is 11.9 Å². The van der Waals surface area contributed by atoms with Gasteiger partial charge in [0.1, 0.15) is 12.2 Å². The maximum atomic E-state index is 12.4. The molecule has 0 spiro atoms. The number of nitrogens with zero attached hydrogens (tertiary/aromatic N) is 3. The Morgan fingerprint density at radius 2 is 1.96 bits per heavy atom. The van der Waals surface area contributed by atoms with Crippen molar-refractivity contribution < 1.29 is 14.7 Å². The molecule has 0 radical (unpaired) electrons. The van der Waals surface area contributed by atoms with Crippen LogP contribution in [0.25, 0.3) is 5.69 Å². The highest BCUT2D eigenvalue weighted by Crippen LogP contribution is 2.17. The molecule has 0 saturated heterocycles. The molecule has 3 rings (SSSR count). The van der Waals surface area contributed by atoms with Gasteiger partial charge in [0.15, 0.2) is 0 Å². The minimum absolute atomic E-state index is 0.218. The van der Waals surface area contributed by atoms with Crippen LogP contribution in [-0.4, -0.2) is 31.3 Å². The zero-order valence-corrected chi connectivity index (χ0v) is 13.7. The molecule has 0 aliphatic heterocycles. The summed E-state index contributed by atoms with van der Waals surface area (Å²) >= 11 is 0. The Labute approximate surface area is 144 Å². The summed E-state index contributed by atoms with van der Waals surface area (Å²) in [5, 5.41) is 15.6. The summed E-state index contributed by atoms with van der Waals surface area (Å²) in [6.45, 7) is 1.53. The van der Waals surface area contributed by atoms with Crippen LogP contribution < -0.4 is 5.32 Å². The molecule has 2 heterocycles. The first kappa shape index (κ1) is 16.5. The molecule has 25 heavy (non-hydrogen) atoms. The van der Waals surface area contributed by atoms with Gasteiger partial charge in [-0.05, 0) is 42.8 Å². The number of carbonyl (C=O) groups is 2. The van der Waals surface area contributed by atoms with E-state index >= 15 is 0 Å². The summed E-state index contributed by atoms with van der Waals surface area (Å²) in [7, 11) is 0. The number of hydrogen-bond donors (Lipinski definition) is 2. The van der Waals surface area contributed by atoms with Crippen LogP contribution in [0.5, 0.6) is 0 Å². The molecular weight excluding hydrogens is 320 g/mol. The van der Waals surface area contributed by atoms with Gasteiger partial charge in [-0.15, -0.1) is 0 Å². The maximum absolute atomic E-state index is 12.4. The smallest absolute Gasteiger partial charge is 0.325 e.